The quantitative estimate of drug-likeness (QED) is 0.617. The molecule has 0 heterocycles. The fourth-order valence-electron chi connectivity index (χ4n) is 0.556. The standard InChI is InChI=1S/C6H12O2.C3H8O2/c1-3-4-5(2)6(7)8;1-3(5)2-4/h5H,3-4H2,1-2H3,(H,7,8);3-5H,2H2,1H3. The van der Waals surface area contributed by atoms with Crippen LogP contribution in [0.3, 0.4) is 0 Å². The molecule has 0 amide bonds. The minimum absolute atomic E-state index is 0.139. The van der Waals surface area contributed by atoms with E-state index in [-0.39, 0.29) is 12.5 Å². The number of hydrogen-bond acceptors (Lipinski definition) is 3. The van der Waals surface area contributed by atoms with Crippen LogP contribution in [0, 0.1) is 5.92 Å². The first-order chi connectivity index (χ1) is 5.95. The van der Waals surface area contributed by atoms with E-state index in [9.17, 15) is 4.79 Å². The SMILES string of the molecule is CC(O)CO.CCCC(C)C(=O)O. The van der Waals surface area contributed by atoms with Crippen LogP contribution < -0.4 is 0 Å². The van der Waals surface area contributed by atoms with E-state index in [1.54, 1.807) is 6.92 Å². The van der Waals surface area contributed by atoms with Gasteiger partial charge in [0.25, 0.3) is 0 Å². The summed E-state index contributed by atoms with van der Waals surface area (Å²) in [5, 5.41) is 24.3. The molecule has 0 spiro atoms. The van der Waals surface area contributed by atoms with E-state index in [1.165, 1.54) is 6.92 Å². The molecule has 0 aromatic carbocycles. The number of rotatable bonds is 4. The second kappa shape index (κ2) is 9.48. The van der Waals surface area contributed by atoms with Crippen molar-refractivity contribution < 1.29 is 20.1 Å². The second-order valence-electron chi connectivity index (χ2n) is 3.06. The number of carbonyl (C=O) groups is 1. The summed E-state index contributed by atoms with van der Waals surface area (Å²) in [6.45, 7) is 5.10. The summed E-state index contributed by atoms with van der Waals surface area (Å²) in [6.07, 6.45) is 1.18. The zero-order chi connectivity index (χ0) is 10.9. The van der Waals surface area contributed by atoms with Gasteiger partial charge in [-0.1, -0.05) is 20.3 Å². The van der Waals surface area contributed by atoms with Crippen LogP contribution in [-0.2, 0) is 4.79 Å². The molecule has 0 rings (SSSR count). The highest BCUT2D eigenvalue weighted by atomic mass is 16.4. The summed E-state index contributed by atoms with van der Waals surface area (Å²) in [7, 11) is 0. The first kappa shape index (κ1) is 14.9. The van der Waals surface area contributed by atoms with E-state index in [1.807, 2.05) is 6.92 Å². The Morgan fingerprint density at radius 3 is 1.85 bits per heavy atom. The van der Waals surface area contributed by atoms with Gasteiger partial charge in [0.1, 0.15) is 0 Å². The van der Waals surface area contributed by atoms with E-state index < -0.39 is 12.1 Å². The monoisotopic (exact) mass is 192 g/mol. The number of carboxylic acid groups (broad SMARTS) is 1. The van der Waals surface area contributed by atoms with Gasteiger partial charge >= 0.3 is 5.97 Å². The highest BCUT2D eigenvalue weighted by molar-refractivity contribution is 5.69. The van der Waals surface area contributed by atoms with Crippen LogP contribution in [0.2, 0.25) is 0 Å². The van der Waals surface area contributed by atoms with E-state index in [0.717, 1.165) is 12.8 Å². The topological polar surface area (TPSA) is 77.8 Å². The fraction of sp³-hybridized carbons (Fsp3) is 0.889. The fourth-order valence-corrected chi connectivity index (χ4v) is 0.556. The molecule has 80 valence electrons. The number of aliphatic carboxylic acids is 1. The maximum absolute atomic E-state index is 10.1. The molecule has 0 aliphatic carbocycles. The van der Waals surface area contributed by atoms with Gasteiger partial charge in [0.05, 0.1) is 18.6 Å². The third kappa shape index (κ3) is 14.3. The molecular weight excluding hydrogens is 172 g/mol. The van der Waals surface area contributed by atoms with Crippen molar-refractivity contribution in [1.82, 2.24) is 0 Å². The molecule has 0 fully saturated rings. The lowest BCUT2D eigenvalue weighted by Crippen LogP contribution is -2.08. The Morgan fingerprint density at radius 1 is 1.38 bits per heavy atom. The predicted octanol–water partition coefficient (Wildman–Crippen LogP) is 0.867. The van der Waals surface area contributed by atoms with Crippen LogP contribution in [0.5, 0.6) is 0 Å². The van der Waals surface area contributed by atoms with E-state index >= 15 is 0 Å². The van der Waals surface area contributed by atoms with Crippen LogP contribution in [0.1, 0.15) is 33.6 Å². The predicted molar refractivity (Wildman–Crippen MR) is 50.5 cm³/mol. The zero-order valence-corrected chi connectivity index (χ0v) is 8.53. The molecule has 0 saturated carbocycles. The van der Waals surface area contributed by atoms with E-state index in [4.69, 9.17) is 15.3 Å². The van der Waals surface area contributed by atoms with Gasteiger partial charge in [0.15, 0.2) is 0 Å². The third-order valence-electron chi connectivity index (χ3n) is 1.41. The molecule has 2 unspecified atom stereocenters. The number of aliphatic hydroxyl groups excluding tert-OH is 2. The van der Waals surface area contributed by atoms with E-state index in [0.29, 0.717) is 0 Å². The Labute approximate surface area is 79.2 Å². The summed E-state index contributed by atoms with van der Waals surface area (Å²) >= 11 is 0. The summed E-state index contributed by atoms with van der Waals surface area (Å²) < 4.78 is 0. The average molecular weight is 192 g/mol. The third-order valence-corrected chi connectivity index (χ3v) is 1.41. The Hall–Kier alpha value is -0.610. The van der Waals surface area contributed by atoms with Crippen LogP contribution >= 0.6 is 0 Å². The van der Waals surface area contributed by atoms with E-state index in [2.05, 4.69) is 0 Å². The van der Waals surface area contributed by atoms with Gasteiger partial charge in [-0.3, -0.25) is 4.79 Å². The minimum atomic E-state index is -0.688. The molecule has 0 aromatic rings. The van der Waals surface area contributed by atoms with Crippen molar-refractivity contribution in [3.63, 3.8) is 0 Å². The van der Waals surface area contributed by atoms with Crippen molar-refractivity contribution in [2.24, 2.45) is 5.92 Å². The molecule has 0 aromatic heterocycles. The molecule has 4 heteroatoms. The number of aliphatic hydroxyl groups is 2. The van der Waals surface area contributed by atoms with Crippen LogP contribution in [-0.4, -0.2) is 34.0 Å². The first-order valence-corrected chi connectivity index (χ1v) is 4.47. The largest absolute Gasteiger partial charge is 0.481 e. The number of hydrogen-bond donors (Lipinski definition) is 3. The average Bonchev–Trinajstić information content (AvgIpc) is 2.06. The highest BCUT2D eigenvalue weighted by Gasteiger charge is 2.07. The van der Waals surface area contributed by atoms with Gasteiger partial charge in [-0.2, -0.15) is 0 Å². The van der Waals surface area contributed by atoms with Crippen molar-refractivity contribution in [2.45, 2.75) is 39.7 Å². The van der Waals surface area contributed by atoms with Crippen molar-refractivity contribution in [2.75, 3.05) is 6.61 Å². The van der Waals surface area contributed by atoms with Gasteiger partial charge in [-0.15, -0.1) is 0 Å². The van der Waals surface area contributed by atoms with Crippen molar-refractivity contribution >= 4 is 5.97 Å². The Bertz CT molecular complexity index is 123. The maximum atomic E-state index is 10.1. The first-order valence-electron chi connectivity index (χ1n) is 4.47. The minimum Gasteiger partial charge on any atom is -0.481 e. The Kier molecular flexibility index (Phi) is 10.9. The van der Waals surface area contributed by atoms with Crippen molar-refractivity contribution in [3.05, 3.63) is 0 Å². The lowest BCUT2D eigenvalue weighted by molar-refractivity contribution is -0.141. The van der Waals surface area contributed by atoms with Crippen LogP contribution in [0.15, 0.2) is 0 Å². The lowest BCUT2D eigenvalue weighted by Gasteiger charge is -2.00. The molecule has 0 aliphatic rings. The lowest BCUT2D eigenvalue weighted by atomic mass is 10.1. The Morgan fingerprint density at radius 2 is 1.77 bits per heavy atom. The van der Waals surface area contributed by atoms with Gasteiger partial charge in [-0.25, -0.2) is 0 Å². The van der Waals surface area contributed by atoms with Gasteiger partial charge < -0.3 is 15.3 Å². The molecule has 13 heavy (non-hydrogen) atoms. The molecule has 0 bridgehead atoms. The summed E-state index contributed by atoms with van der Waals surface area (Å²) in [4.78, 5) is 10.1. The van der Waals surface area contributed by atoms with Crippen molar-refractivity contribution in [3.8, 4) is 0 Å². The zero-order valence-electron chi connectivity index (χ0n) is 8.53. The molecule has 2 atom stereocenters. The second-order valence-corrected chi connectivity index (χ2v) is 3.06. The maximum Gasteiger partial charge on any atom is 0.306 e. The molecule has 4 nitrogen and oxygen atoms in total. The van der Waals surface area contributed by atoms with Crippen molar-refractivity contribution in [1.29, 1.82) is 0 Å². The summed E-state index contributed by atoms with van der Waals surface area (Å²) in [6, 6.07) is 0. The molecule has 0 saturated heterocycles. The normalized spacial score (nSPS) is 13.9. The van der Waals surface area contributed by atoms with Gasteiger partial charge in [0, 0.05) is 0 Å². The van der Waals surface area contributed by atoms with Crippen LogP contribution in [0.25, 0.3) is 0 Å². The smallest absolute Gasteiger partial charge is 0.306 e. The summed E-state index contributed by atoms with van der Waals surface area (Å²) in [5.74, 6) is -0.855. The molecule has 3 N–H and O–H groups in total. The number of carboxylic acids is 1. The molecule has 0 radical (unpaired) electrons. The van der Waals surface area contributed by atoms with Gasteiger partial charge in [-0.05, 0) is 13.3 Å². The highest BCUT2D eigenvalue weighted by Crippen LogP contribution is 2.03. The van der Waals surface area contributed by atoms with Crippen LogP contribution in [0.4, 0.5) is 0 Å². The Balaban J connectivity index is 0. The molecule has 0 aliphatic heterocycles. The van der Waals surface area contributed by atoms with Gasteiger partial charge in [0.2, 0.25) is 0 Å². The summed E-state index contributed by atoms with van der Waals surface area (Å²) in [5.41, 5.74) is 0. The molecular formula is C9H20O4.